The molecule has 0 fully saturated rings. The highest BCUT2D eigenvalue weighted by Crippen LogP contribution is 2.37. The van der Waals surface area contributed by atoms with Gasteiger partial charge in [-0.25, -0.2) is 0 Å². The van der Waals surface area contributed by atoms with E-state index < -0.39 is 0 Å². The average Bonchev–Trinajstić information content (AvgIpc) is 2.98. The van der Waals surface area contributed by atoms with Gasteiger partial charge in [0.2, 0.25) is 0 Å². The molecule has 0 saturated carbocycles. The lowest BCUT2D eigenvalue weighted by Gasteiger charge is -2.13. The molecule has 0 atom stereocenters. The van der Waals surface area contributed by atoms with Crippen LogP contribution < -0.4 is 0 Å². The third kappa shape index (κ3) is 3.47. The summed E-state index contributed by atoms with van der Waals surface area (Å²) in [5.74, 6) is 0. The molecule has 0 radical (unpaired) electrons. The van der Waals surface area contributed by atoms with Gasteiger partial charge in [-0.1, -0.05) is 127 Å². The molecular formula is C36H24. The van der Waals surface area contributed by atoms with E-state index in [2.05, 4.69) is 146 Å². The van der Waals surface area contributed by atoms with Crippen LogP contribution in [0.25, 0.3) is 65.7 Å². The van der Waals surface area contributed by atoms with Crippen molar-refractivity contribution in [3.63, 3.8) is 0 Å². The molecule has 168 valence electrons. The molecule has 0 heterocycles. The lowest BCUT2D eigenvalue weighted by Crippen LogP contribution is -1.86. The molecule has 0 heteroatoms. The third-order valence-corrected chi connectivity index (χ3v) is 7.24. The largest absolute Gasteiger partial charge is 0.0622 e. The van der Waals surface area contributed by atoms with Gasteiger partial charge in [0.1, 0.15) is 0 Å². The molecule has 7 aromatic rings. The van der Waals surface area contributed by atoms with Gasteiger partial charge in [-0.15, -0.1) is 0 Å². The Bertz CT molecular complexity index is 1840. The first-order valence-corrected chi connectivity index (χ1v) is 12.4. The van der Waals surface area contributed by atoms with Gasteiger partial charge in [0, 0.05) is 0 Å². The molecule has 36 heavy (non-hydrogen) atoms. The summed E-state index contributed by atoms with van der Waals surface area (Å²) in [5.41, 5.74) is 7.41. The molecule has 0 aliphatic rings. The smallest absolute Gasteiger partial charge is 0.00928 e. The number of hydrogen-bond donors (Lipinski definition) is 0. The summed E-state index contributed by atoms with van der Waals surface area (Å²) in [6.45, 7) is 0. The molecule has 0 bridgehead atoms. The van der Waals surface area contributed by atoms with E-state index in [-0.39, 0.29) is 0 Å². The van der Waals surface area contributed by atoms with Gasteiger partial charge in [0.15, 0.2) is 0 Å². The zero-order valence-corrected chi connectivity index (χ0v) is 19.9. The average molecular weight is 457 g/mol. The van der Waals surface area contributed by atoms with Crippen LogP contribution in [-0.4, -0.2) is 0 Å². The number of hydrogen-bond acceptors (Lipinski definition) is 0. The third-order valence-electron chi connectivity index (χ3n) is 7.24. The molecule has 0 spiro atoms. The van der Waals surface area contributed by atoms with Crippen molar-refractivity contribution >= 4 is 32.3 Å². The SMILES string of the molecule is c1ccc(-c2cccc(-c3cccc(-c4ccc5c6ccccc6c6ccccc6c5c4)c3)c2)cc1. The maximum absolute atomic E-state index is 2.36. The summed E-state index contributed by atoms with van der Waals surface area (Å²) in [6, 6.07) is 52.7. The highest BCUT2D eigenvalue weighted by molar-refractivity contribution is 6.25. The minimum absolute atomic E-state index is 1.23. The number of fused-ring (bicyclic) bond motifs is 6. The van der Waals surface area contributed by atoms with E-state index in [9.17, 15) is 0 Å². The maximum Gasteiger partial charge on any atom is -0.00928 e. The zero-order valence-electron chi connectivity index (χ0n) is 19.9. The van der Waals surface area contributed by atoms with Gasteiger partial charge >= 0.3 is 0 Å². The highest BCUT2D eigenvalue weighted by atomic mass is 14.1. The van der Waals surface area contributed by atoms with Crippen LogP contribution in [0.3, 0.4) is 0 Å². The van der Waals surface area contributed by atoms with Crippen LogP contribution in [0.1, 0.15) is 0 Å². The van der Waals surface area contributed by atoms with Gasteiger partial charge < -0.3 is 0 Å². The molecular weight excluding hydrogens is 432 g/mol. The molecule has 0 aliphatic heterocycles. The second-order valence-corrected chi connectivity index (χ2v) is 9.38. The summed E-state index contributed by atoms with van der Waals surface area (Å²) < 4.78 is 0. The Morgan fingerprint density at radius 1 is 0.194 bits per heavy atom. The van der Waals surface area contributed by atoms with Crippen molar-refractivity contribution in [1.29, 1.82) is 0 Å². The quantitative estimate of drug-likeness (QED) is 0.232. The van der Waals surface area contributed by atoms with Crippen LogP contribution in [0, 0.1) is 0 Å². The minimum Gasteiger partial charge on any atom is -0.0622 e. The molecule has 0 aliphatic carbocycles. The molecule has 0 N–H and O–H groups in total. The fraction of sp³-hybridized carbons (Fsp3) is 0. The van der Waals surface area contributed by atoms with Crippen LogP contribution in [0.5, 0.6) is 0 Å². The van der Waals surface area contributed by atoms with Gasteiger partial charge in [0.25, 0.3) is 0 Å². The van der Waals surface area contributed by atoms with E-state index in [1.807, 2.05) is 0 Å². The Kier molecular flexibility index (Phi) is 4.89. The summed E-state index contributed by atoms with van der Waals surface area (Å²) in [6.07, 6.45) is 0. The predicted octanol–water partition coefficient (Wildman–Crippen LogP) is 10.1. The van der Waals surface area contributed by atoms with Crippen molar-refractivity contribution in [2.75, 3.05) is 0 Å². The summed E-state index contributed by atoms with van der Waals surface area (Å²) in [7, 11) is 0. The van der Waals surface area contributed by atoms with E-state index in [0.29, 0.717) is 0 Å². The number of rotatable bonds is 3. The topological polar surface area (TPSA) is 0 Å². The van der Waals surface area contributed by atoms with E-state index in [1.54, 1.807) is 0 Å². The van der Waals surface area contributed by atoms with E-state index in [4.69, 9.17) is 0 Å². The Hall–Kier alpha value is -4.68. The van der Waals surface area contributed by atoms with Crippen LogP contribution >= 0.6 is 0 Å². The van der Waals surface area contributed by atoms with Crippen LogP contribution in [-0.2, 0) is 0 Å². The molecule has 0 unspecified atom stereocenters. The van der Waals surface area contributed by atoms with E-state index in [0.717, 1.165) is 0 Å². The minimum atomic E-state index is 1.23. The van der Waals surface area contributed by atoms with Crippen molar-refractivity contribution in [2.45, 2.75) is 0 Å². The Morgan fingerprint density at radius 2 is 0.556 bits per heavy atom. The van der Waals surface area contributed by atoms with Crippen molar-refractivity contribution in [3.05, 3.63) is 146 Å². The predicted molar refractivity (Wildman–Crippen MR) is 155 cm³/mol. The summed E-state index contributed by atoms with van der Waals surface area (Å²) >= 11 is 0. The lowest BCUT2D eigenvalue weighted by molar-refractivity contribution is 1.58. The summed E-state index contributed by atoms with van der Waals surface area (Å²) in [4.78, 5) is 0. The lowest BCUT2D eigenvalue weighted by atomic mass is 9.91. The Morgan fingerprint density at radius 3 is 1.08 bits per heavy atom. The van der Waals surface area contributed by atoms with Crippen molar-refractivity contribution in [3.8, 4) is 33.4 Å². The van der Waals surface area contributed by atoms with Crippen molar-refractivity contribution < 1.29 is 0 Å². The highest BCUT2D eigenvalue weighted by Gasteiger charge is 2.10. The maximum atomic E-state index is 2.36. The van der Waals surface area contributed by atoms with Gasteiger partial charge in [-0.3, -0.25) is 0 Å². The molecule has 0 amide bonds. The first-order valence-electron chi connectivity index (χ1n) is 12.4. The van der Waals surface area contributed by atoms with E-state index in [1.165, 1.54) is 65.7 Å². The van der Waals surface area contributed by atoms with Gasteiger partial charge in [0.05, 0.1) is 0 Å². The monoisotopic (exact) mass is 456 g/mol. The second kappa shape index (κ2) is 8.52. The zero-order chi connectivity index (χ0) is 23.9. The van der Waals surface area contributed by atoms with Crippen LogP contribution in [0.15, 0.2) is 146 Å². The van der Waals surface area contributed by atoms with Crippen molar-refractivity contribution in [1.82, 2.24) is 0 Å². The van der Waals surface area contributed by atoms with Gasteiger partial charge in [-0.2, -0.15) is 0 Å². The molecule has 7 aromatic carbocycles. The normalized spacial score (nSPS) is 11.3. The molecule has 7 rings (SSSR count). The molecule has 0 nitrogen and oxygen atoms in total. The Balaban J connectivity index is 1.38. The van der Waals surface area contributed by atoms with Crippen LogP contribution in [0.4, 0.5) is 0 Å². The van der Waals surface area contributed by atoms with Gasteiger partial charge in [-0.05, 0) is 83.9 Å². The number of benzene rings is 7. The van der Waals surface area contributed by atoms with E-state index >= 15 is 0 Å². The molecule has 0 saturated heterocycles. The molecule has 0 aromatic heterocycles. The summed E-state index contributed by atoms with van der Waals surface area (Å²) in [5, 5.41) is 7.85. The first kappa shape index (κ1) is 20.7. The fourth-order valence-electron chi connectivity index (χ4n) is 5.47. The second-order valence-electron chi connectivity index (χ2n) is 9.38. The first-order chi connectivity index (χ1) is 17.8. The van der Waals surface area contributed by atoms with Crippen molar-refractivity contribution in [2.24, 2.45) is 0 Å². The standard InChI is InChI=1S/C36H24/c1-2-10-25(11-3-1)26-12-8-13-27(22-26)28-14-9-15-29(23-28)30-20-21-35-33-18-5-4-16-31(33)32-17-6-7-19-34(32)36(35)24-30/h1-24H. The van der Waals surface area contributed by atoms with Crippen LogP contribution in [0.2, 0.25) is 0 Å². The Labute approximate surface area is 211 Å². The fourth-order valence-corrected chi connectivity index (χ4v) is 5.47.